The number of fused-ring (bicyclic) bond motifs is 2. The highest BCUT2D eigenvalue weighted by Gasteiger charge is 2.31. The number of hydrogen-bond donors (Lipinski definition) is 2. The van der Waals surface area contributed by atoms with Gasteiger partial charge in [0.2, 0.25) is 0 Å². The predicted octanol–water partition coefficient (Wildman–Crippen LogP) is 2.11. The first-order valence-electron chi connectivity index (χ1n) is 7.29. The summed E-state index contributed by atoms with van der Waals surface area (Å²) in [6.07, 6.45) is 9.51. The Balaban J connectivity index is 1.61. The largest absolute Gasteiger partial charge is 0.478 e. The van der Waals surface area contributed by atoms with Gasteiger partial charge in [-0.15, -0.1) is 0 Å². The molecule has 4 rings (SSSR count). The van der Waals surface area contributed by atoms with Gasteiger partial charge in [0.25, 0.3) is 5.91 Å². The molecule has 0 saturated heterocycles. The van der Waals surface area contributed by atoms with Gasteiger partial charge in [0.15, 0.2) is 0 Å². The minimum atomic E-state index is -1.05. The van der Waals surface area contributed by atoms with Crippen LogP contribution in [0.1, 0.15) is 40.1 Å². The van der Waals surface area contributed by atoms with Crippen molar-refractivity contribution in [3.63, 3.8) is 0 Å². The maximum absolute atomic E-state index is 12.1. The van der Waals surface area contributed by atoms with E-state index in [1.165, 1.54) is 31.2 Å². The van der Waals surface area contributed by atoms with Crippen LogP contribution in [-0.4, -0.2) is 28.5 Å². The van der Waals surface area contributed by atoms with Gasteiger partial charge in [-0.05, 0) is 49.1 Å². The molecule has 0 radical (unpaired) electrons. The molecule has 3 aliphatic carbocycles. The van der Waals surface area contributed by atoms with E-state index in [1.807, 2.05) is 0 Å². The normalized spacial score (nSPS) is 26.6. The minimum Gasteiger partial charge on any atom is -0.478 e. The fourth-order valence-corrected chi connectivity index (χ4v) is 3.29. The molecule has 0 aromatic carbocycles. The van der Waals surface area contributed by atoms with Crippen molar-refractivity contribution in [2.75, 3.05) is 6.54 Å². The molecule has 1 amide bonds. The van der Waals surface area contributed by atoms with Gasteiger partial charge >= 0.3 is 5.97 Å². The van der Waals surface area contributed by atoms with E-state index in [0.717, 1.165) is 6.42 Å². The van der Waals surface area contributed by atoms with Crippen molar-refractivity contribution in [3.05, 3.63) is 41.7 Å². The standard InChI is InChI=1S/C16H18N2O3/c19-15(14-8-12(16(20)21)5-6-17-14)18-9-13-7-10-1-3-11(13)4-2-10/h1,3,5-6,8,10-11,13H,2,4,7,9H2,(H,18,19)(H,20,21). The molecule has 1 saturated carbocycles. The Bertz CT molecular complexity index is 597. The molecule has 3 aliphatic rings. The number of nitrogens with one attached hydrogen (secondary N) is 1. The summed E-state index contributed by atoms with van der Waals surface area (Å²) in [4.78, 5) is 26.9. The Morgan fingerprint density at radius 1 is 1.33 bits per heavy atom. The highest BCUT2D eigenvalue weighted by atomic mass is 16.4. The van der Waals surface area contributed by atoms with Crippen molar-refractivity contribution in [3.8, 4) is 0 Å². The molecule has 1 aromatic heterocycles. The zero-order valence-corrected chi connectivity index (χ0v) is 11.7. The van der Waals surface area contributed by atoms with E-state index in [1.54, 1.807) is 0 Å². The maximum atomic E-state index is 12.1. The third-order valence-electron chi connectivity index (χ3n) is 4.48. The van der Waals surface area contributed by atoms with Crippen molar-refractivity contribution in [2.24, 2.45) is 17.8 Å². The van der Waals surface area contributed by atoms with E-state index >= 15 is 0 Å². The average molecular weight is 286 g/mol. The molecule has 110 valence electrons. The molecule has 1 fully saturated rings. The van der Waals surface area contributed by atoms with Crippen LogP contribution in [0.3, 0.4) is 0 Å². The number of nitrogens with zero attached hydrogens (tertiary/aromatic N) is 1. The maximum Gasteiger partial charge on any atom is 0.335 e. The number of amides is 1. The van der Waals surface area contributed by atoms with Gasteiger partial charge in [-0.2, -0.15) is 0 Å². The number of carboxylic acids is 1. The predicted molar refractivity (Wildman–Crippen MR) is 77.0 cm³/mol. The molecule has 3 atom stereocenters. The third-order valence-corrected chi connectivity index (χ3v) is 4.48. The van der Waals surface area contributed by atoms with Gasteiger partial charge in [-0.3, -0.25) is 9.78 Å². The van der Waals surface area contributed by atoms with Crippen LogP contribution >= 0.6 is 0 Å². The highest BCUT2D eigenvalue weighted by molar-refractivity contribution is 5.95. The molecule has 0 spiro atoms. The molecule has 0 aliphatic heterocycles. The lowest BCUT2D eigenvalue weighted by atomic mass is 9.69. The summed E-state index contributed by atoms with van der Waals surface area (Å²) in [7, 11) is 0. The van der Waals surface area contributed by atoms with Gasteiger partial charge < -0.3 is 10.4 Å². The van der Waals surface area contributed by atoms with E-state index in [0.29, 0.717) is 24.3 Å². The number of carbonyl (C=O) groups is 2. The van der Waals surface area contributed by atoms with Crippen LogP contribution in [0.15, 0.2) is 30.5 Å². The second-order valence-corrected chi connectivity index (χ2v) is 5.83. The Labute approximate surface area is 123 Å². The second kappa shape index (κ2) is 5.68. The van der Waals surface area contributed by atoms with Crippen molar-refractivity contribution >= 4 is 11.9 Å². The van der Waals surface area contributed by atoms with Crippen LogP contribution in [-0.2, 0) is 0 Å². The van der Waals surface area contributed by atoms with Gasteiger partial charge in [0, 0.05) is 12.7 Å². The summed E-state index contributed by atoms with van der Waals surface area (Å²) in [6, 6.07) is 2.69. The first kappa shape index (κ1) is 13.8. The van der Waals surface area contributed by atoms with Crippen LogP contribution in [0.25, 0.3) is 0 Å². The first-order chi connectivity index (χ1) is 10.1. The Morgan fingerprint density at radius 3 is 2.81 bits per heavy atom. The summed E-state index contributed by atoms with van der Waals surface area (Å²) in [5.74, 6) is 0.351. The van der Waals surface area contributed by atoms with Crippen LogP contribution < -0.4 is 5.32 Å². The lowest BCUT2D eigenvalue weighted by Gasteiger charge is -2.38. The molecular weight excluding hydrogens is 268 g/mol. The van der Waals surface area contributed by atoms with Crippen LogP contribution in [0, 0.1) is 17.8 Å². The first-order valence-corrected chi connectivity index (χ1v) is 7.29. The van der Waals surface area contributed by atoms with Crippen LogP contribution in [0.2, 0.25) is 0 Å². The third kappa shape index (κ3) is 2.96. The van der Waals surface area contributed by atoms with E-state index in [2.05, 4.69) is 22.5 Å². The summed E-state index contributed by atoms with van der Waals surface area (Å²) < 4.78 is 0. The molecule has 3 unspecified atom stereocenters. The Hall–Kier alpha value is -2.17. The van der Waals surface area contributed by atoms with Crippen molar-refractivity contribution in [2.45, 2.75) is 19.3 Å². The van der Waals surface area contributed by atoms with Crippen molar-refractivity contribution < 1.29 is 14.7 Å². The number of hydrogen-bond acceptors (Lipinski definition) is 3. The van der Waals surface area contributed by atoms with Gasteiger partial charge in [-0.25, -0.2) is 4.79 Å². The Kier molecular flexibility index (Phi) is 3.73. The zero-order chi connectivity index (χ0) is 14.8. The van der Waals surface area contributed by atoms with Gasteiger partial charge in [0.1, 0.15) is 5.69 Å². The van der Waals surface area contributed by atoms with Gasteiger partial charge in [-0.1, -0.05) is 12.2 Å². The molecule has 5 heteroatoms. The number of pyridine rings is 1. The van der Waals surface area contributed by atoms with Crippen molar-refractivity contribution in [1.82, 2.24) is 10.3 Å². The monoisotopic (exact) mass is 286 g/mol. The molecule has 2 N–H and O–H groups in total. The van der Waals surface area contributed by atoms with E-state index in [4.69, 9.17) is 5.11 Å². The van der Waals surface area contributed by atoms with E-state index in [9.17, 15) is 9.59 Å². The fraction of sp³-hybridized carbons (Fsp3) is 0.438. The SMILES string of the molecule is O=C(O)c1ccnc(C(=O)NCC2CC3C=CC2CC3)c1. The highest BCUT2D eigenvalue weighted by Crippen LogP contribution is 2.39. The smallest absolute Gasteiger partial charge is 0.335 e. The number of rotatable bonds is 4. The topological polar surface area (TPSA) is 79.3 Å². The quantitative estimate of drug-likeness (QED) is 0.831. The van der Waals surface area contributed by atoms with Crippen molar-refractivity contribution in [1.29, 1.82) is 0 Å². The molecule has 2 bridgehead atoms. The van der Waals surface area contributed by atoms with E-state index in [-0.39, 0.29) is 17.2 Å². The minimum absolute atomic E-state index is 0.0785. The Morgan fingerprint density at radius 2 is 2.19 bits per heavy atom. The molecule has 21 heavy (non-hydrogen) atoms. The number of allylic oxidation sites excluding steroid dienone is 2. The van der Waals surface area contributed by atoms with Gasteiger partial charge in [0.05, 0.1) is 5.56 Å². The molecule has 1 heterocycles. The summed E-state index contributed by atoms with van der Waals surface area (Å²) in [6.45, 7) is 0.628. The lowest BCUT2D eigenvalue weighted by molar-refractivity contribution is 0.0696. The zero-order valence-electron chi connectivity index (χ0n) is 11.7. The average Bonchev–Trinajstić information content (AvgIpc) is 2.54. The number of carboxylic acid groups (broad SMARTS) is 1. The number of aromatic nitrogens is 1. The molecular formula is C16H18N2O3. The summed E-state index contributed by atoms with van der Waals surface area (Å²) in [5.41, 5.74) is 0.237. The second-order valence-electron chi connectivity index (χ2n) is 5.83. The lowest BCUT2D eigenvalue weighted by Crippen LogP contribution is -2.37. The summed E-state index contributed by atoms with van der Waals surface area (Å²) in [5, 5.41) is 11.8. The summed E-state index contributed by atoms with van der Waals surface area (Å²) >= 11 is 0. The molecule has 5 nitrogen and oxygen atoms in total. The van der Waals surface area contributed by atoms with Crippen LogP contribution in [0.4, 0.5) is 0 Å². The van der Waals surface area contributed by atoms with E-state index < -0.39 is 5.97 Å². The molecule has 1 aromatic rings. The number of carbonyl (C=O) groups excluding carboxylic acids is 1. The number of aromatic carboxylic acids is 1. The van der Waals surface area contributed by atoms with Crippen LogP contribution in [0.5, 0.6) is 0 Å². The fourth-order valence-electron chi connectivity index (χ4n) is 3.29.